The van der Waals surface area contributed by atoms with Gasteiger partial charge in [0, 0.05) is 5.56 Å². The van der Waals surface area contributed by atoms with Gasteiger partial charge in [-0.1, -0.05) is 12.1 Å². The molecule has 100 valence electrons. The zero-order valence-electron chi connectivity index (χ0n) is 10.5. The second kappa shape index (κ2) is 5.24. The van der Waals surface area contributed by atoms with Crippen molar-refractivity contribution in [3.63, 3.8) is 0 Å². The van der Waals surface area contributed by atoms with Crippen molar-refractivity contribution < 1.29 is 4.79 Å². The lowest BCUT2D eigenvalue weighted by atomic mass is 10.1. The minimum Gasteiger partial charge on any atom is -0.294 e. The number of hydrogen-bond acceptors (Lipinski definition) is 5. The molecule has 7 nitrogen and oxygen atoms in total. The number of H-pyrrole nitrogens is 1. The van der Waals surface area contributed by atoms with Crippen LogP contribution in [0.5, 0.6) is 0 Å². The summed E-state index contributed by atoms with van der Waals surface area (Å²) in [5.41, 5.74) is 1.79. The van der Waals surface area contributed by atoms with Crippen LogP contribution >= 0.6 is 0 Å². The quantitative estimate of drug-likeness (QED) is 0.789. The first-order chi connectivity index (χ1) is 9.52. The summed E-state index contributed by atoms with van der Waals surface area (Å²) < 4.78 is 0.946. The van der Waals surface area contributed by atoms with Crippen molar-refractivity contribution in [2.45, 2.75) is 6.92 Å². The van der Waals surface area contributed by atoms with Gasteiger partial charge in [-0.15, -0.1) is 0 Å². The van der Waals surface area contributed by atoms with Gasteiger partial charge in [0.25, 0.3) is 5.56 Å². The molecular formula is C13H10N4O3. The highest BCUT2D eigenvalue weighted by molar-refractivity contribution is 5.99. The maximum atomic E-state index is 11.6. The molecule has 1 aromatic carbocycles. The fourth-order valence-corrected chi connectivity index (χ4v) is 1.65. The Bertz CT molecular complexity index is 826. The maximum Gasteiger partial charge on any atom is 0.347 e. The van der Waals surface area contributed by atoms with E-state index in [1.165, 1.54) is 6.92 Å². The Morgan fingerprint density at radius 2 is 2.05 bits per heavy atom. The van der Waals surface area contributed by atoms with Gasteiger partial charge in [-0.25, -0.2) is 9.47 Å². The number of nitrogens with zero attached hydrogens (tertiary/aromatic N) is 2. The van der Waals surface area contributed by atoms with Crippen molar-refractivity contribution >= 4 is 11.5 Å². The molecular weight excluding hydrogens is 260 g/mol. The van der Waals surface area contributed by atoms with Crippen LogP contribution in [0.25, 0.3) is 0 Å². The molecule has 2 N–H and O–H groups in total. The minimum atomic E-state index is -0.754. The molecule has 0 saturated heterocycles. The number of aromatic nitrogens is 2. The largest absolute Gasteiger partial charge is 0.347 e. The van der Waals surface area contributed by atoms with Crippen molar-refractivity contribution in [3.8, 4) is 6.07 Å². The van der Waals surface area contributed by atoms with Crippen LogP contribution in [0.15, 0.2) is 40.1 Å². The summed E-state index contributed by atoms with van der Waals surface area (Å²) in [7, 11) is 0. The van der Waals surface area contributed by atoms with Crippen LogP contribution in [0.1, 0.15) is 22.8 Å². The Morgan fingerprint density at radius 3 is 2.70 bits per heavy atom. The number of hydrogen-bond donors (Lipinski definition) is 2. The molecule has 0 unspecified atom stereocenters. The molecule has 0 spiro atoms. The predicted molar refractivity (Wildman–Crippen MR) is 71.5 cm³/mol. The second-order valence-corrected chi connectivity index (χ2v) is 4.00. The first-order valence-corrected chi connectivity index (χ1v) is 5.66. The van der Waals surface area contributed by atoms with Gasteiger partial charge in [0.15, 0.2) is 5.78 Å². The average molecular weight is 270 g/mol. The van der Waals surface area contributed by atoms with Gasteiger partial charge >= 0.3 is 5.69 Å². The fourth-order valence-electron chi connectivity index (χ4n) is 1.65. The van der Waals surface area contributed by atoms with Crippen molar-refractivity contribution in [1.29, 1.82) is 5.26 Å². The van der Waals surface area contributed by atoms with Gasteiger partial charge < -0.3 is 0 Å². The summed E-state index contributed by atoms with van der Waals surface area (Å²) in [5, 5.41) is 8.78. The summed E-state index contributed by atoms with van der Waals surface area (Å²) in [4.78, 5) is 36.4. The summed E-state index contributed by atoms with van der Waals surface area (Å²) in [6.07, 6.45) is 1.08. The summed E-state index contributed by atoms with van der Waals surface area (Å²) in [6.45, 7) is 1.40. The summed E-state index contributed by atoms with van der Waals surface area (Å²) >= 11 is 0. The SMILES string of the molecule is CC(=O)c1ccccc1Nn1cc(C#N)c(=O)[nH]c1=O. The maximum absolute atomic E-state index is 11.6. The third kappa shape index (κ3) is 2.49. The van der Waals surface area contributed by atoms with Crippen LogP contribution < -0.4 is 16.7 Å². The molecule has 0 bridgehead atoms. The molecule has 2 rings (SSSR count). The zero-order chi connectivity index (χ0) is 14.7. The Labute approximate surface area is 113 Å². The lowest BCUT2D eigenvalue weighted by Gasteiger charge is -2.11. The van der Waals surface area contributed by atoms with E-state index in [9.17, 15) is 14.4 Å². The van der Waals surface area contributed by atoms with Crippen molar-refractivity contribution in [2.75, 3.05) is 5.43 Å². The van der Waals surface area contributed by atoms with Crippen LogP contribution in [-0.4, -0.2) is 15.4 Å². The third-order valence-corrected chi connectivity index (χ3v) is 2.61. The first-order valence-electron chi connectivity index (χ1n) is 5.66. The van der Waals surface area contributed by atoms with Gasteiger partial charge in [-0.2, -0.15) is 5.26 Å². The van der Waals surface area contributed by atoms with Crippen molar-refractivity contribution in [1.82, 2.24) is 9.66 Å². The standard InChI is InChI=1S/C13H10N4O3/c1-8(18)10-4-2-3-5-11(10)16-17-7-9(6-14)12(19)15-13(17)20/h2-5,7,16H,1H3,(H,15,19,20). The predicted octanol–water partition coefficient (Wildman–Crippen LogP) is 0.486. The fraction of sp³-hybridized carbons (Fsp3) is 0.0769. The number of anilines is 1. The highest BCUT2D eigenvalue weighted by atomic mass is 16.2. The van der Waals surface area contributed by atoms with E-state index in [1.54, 1.807) is 30.3 Å². The number of nitrogens with one attached hydrogen (secondary N) is 2. The van der Waals surface area contributed by atoms with E-state index in [0.717, 1.165) is 10.9 Å². The Morgan fingerprint density at radius 1 is 1.35 bits per heavy atom. The van der Waals surface area contributed by atoms with E-state index >= 15 is 0 Å². The van der Waals surface area contributed by atoms with Gasteiger partial charge in [0.1, 0.15) is 11.6 Å². The normalized spacial score (nSPS) is 9.80. The monoisotopic (exact) mass is 270 g/mol. The van der Waals surface area contributed by atoms with E-state index in [-0.39, 0.29) is 11.3 Å². The Kier molecular flexibility index (Phi) is 3.48. The minimum absolute atomic E-state index is 0.175. The molecule has 2 aromatic rings. The van der Waals surface area contributed by atoms with Crippen LogP contribution in [0, 0.1) is 11.3 Å². The van der Waals surface area contributed by atoms with E-state index in [0.29, 0.717) is 11.3 Å². The second-order valence-electron chi connectivity index (χ2n) is 4.00. The van der Waals surface area contributed by atoms with Gasteiger partial charge in [-0.3, -0.25) is 20.0 Å². The van der Waals surface area contributed by atoms with Gasteiger partial charge in [-0.05, 0) is 19.1 Å². The number of carbonyl (C=O) groups is 1. The number of carbonyl (C=O) groups excluding carboxylic acids is 1. The highest BCUT2D eigenvalue weighted by Gasteiger charge is 2.08. The molecule has 7 heteroatoms. The number of ketones is 1. The molecule has 1 aromatic heterocycles. The number of benzene rings is 1. The van der Waals surface area contributed by atoms with Crippen LogP contribution in [0.4, 0.5) is 5.69 Å². The van der Waals surface area contributed by atoms with E-state index in [1.807, 2.05) is 4.98 Å². The molecule has 1 heterocycles. The third-order valence-electron chi connectivity index (χ3n) is 2.61. The lowest BCUT2D eigenvalue weighted by Crippen LogP contribution is -2.34. The van der Waals surface area contributed by atoms with Gasteiger partial charge in [0.2, 0.25) is 0 Å². The number of nitriles is 1. The molecule has 0 saturated carbocycles. The van der Waals surface area contributed by atoms with E-state index in [4.69, 9.17) is 5.26 Å². The molecule has 20 heavy (non-hydrogen) atoms. The molecule has 0 amide bonds. The van der Waals surface area contributed by atoms with Gasteiger partial charge in [0.05, 0.1) is 11.9 Å². The van der Waals surface area contributed by atoms with Crippen LogP contribution in [0.2, 0.25) is 0 Å². The Hall–Kier alpha value is -3.14. The molecule has 0 aliphatic rings. The highest BCUT2D eigenvalue weighted by Crippen LogP contribution is 2.15. The summed E-state index contributed by atoms with van der Waals surface area (Å²) in [6, 6.07) is 8.27. The number of rotatable bonds is 3. The summed E-state index contributed by atoms with van der Waals surface area (Å²) in [5.74, 6) is -0.175. The Balaban J connectivity index is 2.51. The smallest absolute Gasteiger partial charge is 0.294 e. The molecule has 0 atom stereocenters. The van der Waals surface area contributed by atoms with E-state index in [2.05, 4.69) is 5.43 Å². The lowest BCUT2D eigenvalue weighted by molar-refractivity contribution is 0.101. The zero-order valence-corrected chi connectivity index (χ0v) is 10.5. The topological polar surface area (TPSA) is 108 Å². The number of aromatic amines is 1. The molecule has 0 aliphatic carbocycles. The molecule has 0 aliphatic heterocycles. The van der Waals surface area contributed by atoms with Crippen molar-refractivity contribution in [2.24, 2.45) is 0 Å². The number of Topliss-reactive ketones (excluding diaryl/α,β-unsaturated/α-hetero) is 1. The number of para-hydroxylation sites is 1. The van der Waals surface area contributed by atoms with Crippen molar-refractivity contribution in [3.05, 3.63) is 62.4 Å². The van der Waals surface area contributed by atoms with Crippen LogP contribution in [-0.2, 0) is 0 Å². The first kappa shape index (κ1) is 13.3. The molecule has 0 fully saturated rings. The van der Waals surface area contributed by atoms with Crippen LogP contribution in [0.3, 0.4) is 0 Å². The molecule has 0 radical (unpaired) electrons. The van der Waals surface area contributed by atoms with E-state index < -0.39 is 11.2 Å². The average Bonchev–Trinajstić information content (AvgIpc) is 2.42.